The van der Waals surface area contributed by atoms with Gasteiger partial charge in [-0.2, -0.15) is 0 Å². The molecule has 1 aliphatic rings. The number of nitrogens with zero attached hydrogens (tertiary/aromatic N) is 2. The second-order valence-electron chi connectivity index (χ2n) is 8.30. The zero-order chi connectivity index (χ0) is 25.4. The van der Waals surface area contributed by atoms with Gasteiger partial charge in [0.05, 0.1) is 24.3 Å². The quantitative estimate of drug-likeness (QED) is 0.290. The molecule has 1 N–H and O–H groups in total. The fourth-order valence-corrected chi connectivity index (χ4v) is 5.16. The Bertz CT molecular complexity index is 1580. The number of hydrogen-bond donors (Lipinski definition) is 1. The monoisotopic (exact) mass is 504 g/mol. The molecule has 2 aromatic carbocycles. The standard InChI is InChI=1S/C27H24N2O6S/c1-4-33-27(32)23-15(2)16(3)36-24(23)28-12-20-18-7-5-6-8-19(18)25(30)29(26(20)31)13-17-9-10-21-22(11-17)35-14-34-21/h5-12,31H,4,13-14H2,1-3H3/b28-12+. The largest absolute Gasteiger partial charge is 0.494 e. The summed E-state index contributed by atoms with van der Waals surface area (Å²) in [4.78, 5) is 31.4. The van der Waals surface area contributed by atoms with Crippen molar-refractivity contribution in [3.05, 3.63) is 79.9 Å². The fourth-order valence-electron chi connectivity index (χ4n) is 4.17. The van der Waals surface area contributed by atoms with Crippen LogP contribution in [0.15, 0.2) is 52.3 Å². The summed E-state index contributed by atoms with van der Waals surface area (Å²) >= 11 is 1.37. The van der Waals surface area contributed by atoms with Gasteiger partial charge in [-0.3, -0.25) is 9.36 Å². The molecule has 36 heavy (non-hydrogen) atoms. The molecule has 8 nitrogen and oxygen atoms in total. The second-order valence-corrected chi connectivity index (χ2v) is 9.51. The Hall–Kier alpha value is -4.11. The Balaban J connectivity index is 1.62. The van der Waals surface area contributed by atoms with Crippen molar-refractivity contribution in [1.29, 1.82) is 0 Å². The van der Waals surface area contributed by atoms with Gasteiger partial charge in [-0.15, -0.1) is 11.3 Å². The Morgan fingerprint density at radius 2 is 1.92 bits per heavy atom. The number of carbonyl (C=O) groups excluding carboxylic acids is 1. The summed E-state index contributed by atoms with van der Waals surface area (Å²) in [5, 5.41) is 12.7. The average Bonchev–Trinajstić information content (AvgIpc) is 3.45. The van der Waals surface area contributed by atoms with E-state index in [4.69, 9.17) is 14.2 Å². The Labute approximate surface area is 211 Å². The van der Waals surface area contributed by atoms with Crippen LogP contribution in [-0.4, -0.2) is 35.3 Å². The van der Waals surface area contributed by atoms with Gasteiger partial charge in [0, 0.05) is 21.9 Å². The molecule has 0 saturated heterocycles. The van der Waals surface area contributed by atoms with E-state index in [1.165, 1.54) is 22.1 Å². The van der Waals surface area contributed by atoms with Crippen LogP contribution in [-0.2, 0) is 11.3 Å². The van der Waals surface area contributed by atoms with Gasteiger partial charge in [0.1, 0.15) is 5.00 Å². The van der Waals surface area contributed by atoms with Crippen LogP contribution in [0, 0.1) is 13.8 Å². The van der Waals surface area contributed by atoms with E-state index in [2.05, 4.69) is 4.99 Å². The number of esters is 1. The highest BCUT2D eigenvalue weighted by atomic mass is 32.1. The number of carbonyl (C=O) groups is 1. The fraction of sp³-hybridized carbons (Fsp3) is 0.222. The first kappa shape index (κ1) is 23.6. The van der Waals surface area contributed by atoms with Crippen LogP contribution in [0.4, 0.5) is 5.00 Å². The summed E-state index contributed by atoms with van der Waals surface area (Å²) < 4.78 is 17.3. The van der Waals surface area contributed by atoms with Gasteiger partial charge < -0.3 is 19.3 Å². The normalized spacial score (nSPS) is 12.5. The van der Waals surface area contributed by atoms with Gasteiger partial charge in [-0.05, 0) is 50.1 Å². The molecule has 0 amide bonds. The van der Waals surface area contributed by atoms with E-state index in [1.54, 1.807) is 43.3 Å². The summed E-state index contributed by atoms with van der Waals surface area (Å²) in [6, 6.07) is 12.4. The van der Waals surface area contributed by atoms with Gasteiger partial charge in [-0.1, -0.05) is 24.3 Å². The molecule has 0 fully saturated rings. The lowest BCUT2D eigenvalue weighted by Gasteiger charge is -2.14. The minimum absolute atomic E-state index is 0.123. The summed E-state index contributed by atoms with van der Waals surface area (Å²) in [6.07, 6.45) is 1.50. The van der Waals surface area contributed by atoms with Crippen LogP contribution in [0.5, 0.6) is 17.4 Å². The van der Waals surface area contributed by atoms with Crippen LogP contribution in [0.3, 0.4) is 0 Å². The van der Waals surface area contributed by atoms with Gasteiger partial charge in [0.2, 0.25) is 12.7 Å². The van der Waals surface area contributed by atoms with E-state index < -0.39 is 5.97 Å². The molecule has 0 bridgehead atoms. The minimum Gasteiger partial charge on any atom is -0.494 e. The third kappa shape index (κ3) is 4.11. The van der Waals surface area contributed by atoms with Crippen molar-refractivity contribution in [1.82, 2.24) is 4.57 Å². The van der Waals surface area contributed by atoms with E-state index in [1.807, 2.05) is 19.9 Å². The van der Waals surface area contributed by atoms with E-state index in [9.17, 15) is 14.7 Å². The second kappa shape index (κ2) is 9.50. The number of ether oxygens (including phenoxy) is 3. The topological polar surface area (TPSA) is 99.3 Å². The molecular formula is C27H24N2O6S. The van der Waals surface area contributed by atoms with Crippen molar-refractivity contribution >= 4 is 39.3 Å². The van der Waals surface area contributed by atoms with Crippen molar-refractivity contribution in [2.45, 2.75) is 27.3 Å². The lowest BCUT2D eigenvalue weighted by molar-refractivity contribution is 0.0527. The number of rotatable bonds is 6. The van der Waals surface area contributed by atoms with Crippen LogP contribution in [0.1, 0.15) is 38.8 Å². The predicted octanol–water partition coefficient (Wildman–Crippen LogP) is 5.09. The Morgan fingerprint density at radius 1 is 1.17 bits per heavy atom. The van der Waals surface area contributed by atoms with Crippen molar-refractivity contribution < 1.29 is 24.1 Å². The number of aromatic hydroxyl groups is 1. The maximum Gasteiger partial charge on any atom is 0.341 e. The van der Waals surface area contributed by atoms with Gasteiger partial charge in [0.15, 0.2) is 11.5 Å². The third-order valence-corrected chi connectivity index (χ3v) is 7.24. The number of aliphatic imine (C=N–C) groups is 1. The third-order valence-electron chi connectivity index (χ3n) is 6.12. The van der Waals surface area contributed by atoms with Crippen molar-refractivity contribution in [2.24, 2.45) is 4.99 Å². The first-order valence-corrected chi connectivity index (χ1v) is 12.2. The molecule has 184 valence electrons. The SMILES string of the molecule is CCOC(=O)c1c(/N=C/c2c(O)n(Cc3ccc4c(c3)OCO4)c(=O)c3ccccc23)sc(C)c1C. The molecule has 5 rings (SSSR count). The molecule has 0 atom stereocenters. The molecule has 0 saturated carbocycles. The molecule has 1 aliphatic heterocycles. The van der Waals surface area contributed by atoms with Crippen molar-refractivity contribution in [2.75, 3.05) is 13.4 Å². The highest BCUT2D eigenvalue weighted by Crippen LogP contribution is 2.36. The number of aromatic nitrogens is 1. The molecule has 4 aromatic rings. The number of fused-ring (bicyclic) bond motifs is 2. The average molecular weight is 505 g/mol. The molecule has 0 aliphatic carbocycles. The first-order chi connectivity index (χ1) is 17.4. The van der Waals surface area contributed by atoms with E-state index >= 15 is 0 Å². The predicted molar refractivity (Wildman–Crippen MR) is 139 cm³/mol. The minimum atomic E-state index is -0.437. The summed E-state index contributed by atoms with van der Waals surface area (Å²) in [6.45, 7) is 6.06. The van der Waals surface area contributed by atoms with Gasteiger partial charge in [-0.25, -0.2) is 9.79 Å². The summed E-state index contributed by atoms with van der Waals surface area (Å²) in [5.74, 6) is 0.578. The molecule has 3 heterocycles. The highest BCUT2D eigenvalue weighted by molar-refractivity contribution is 7.16. The van der Waals surface area contributed by atoms with Crippen LogP contribution in [0.2, 0.25) is 0 Å². The molecule has 2 aromatic heterocycles. The van der Waals surface area contributed by atoms with Crippen molar-refractivity contribution in [3.8, 4) is 17.4 Å². The first-order valence-electron chi connectivity index (χ1n) is 11.4. The summed E-state index contributed by atoms with van der Waals surface area (Å²) in [7, 11) is 0. The number of hydrogen-bond acceptors (Lipinski definition) is 8. The van der Waals surface area contributed by atoms with Crippen LogP contribution in [0.25, 0.3) is 10.8 Å². The number of thiophene rings is 1. The number of aryl methyl sites for hydroxylation is 1. The summed E-state index contributed by atoms with van der Waals surface area (Å²) in [5.41, 5.74) is 2.04. The van der Waals surface area contributed by atoms with E-state index in [0.29, 0.717) is 38.4 Å². The molecule has 0 unspecified atom stereocenters. The molecule has 0 radical (unpaired) electrons. The lowest BCUT2D eigenvalue weighted by atomic mass is 10.1. The molecule has 9 heteroatoms. The number of benzene rings is 2. The molecule has 0 spiro atoms. The lowest BCUT2D eigenvalue weighted by Crippen LogP contribution is -2.22. The van der Waals surface area contributed by atoms with Crippen LogP contribution < -0.4 is 15.0 Å². The van der Waals surface area contributed by atoms with Crippen LogP contribution >= 0.6 is 11.3 Å². The van der Waals surface area contributed by atoms with Gasteiger partial charge in [0.25, 0.3) is 5.56 Å². The Morgan fingerprint density at radius 3 is 2.69 bits per heavy atom. The van der Waals surface area contributed by atoms with E-state index in [0.717, 1.165) is 16.0 Å². The maximum absolute atomic E-state index is 13.3. The van der Waals surface area contributed by atoms with Crippen molar-refractivity contribution in [3.63, 3.8) is 0 Å². The maximum atomic E-state index is 13.3. The number of pyridine rings is 1. The zero-order valence-electron chi connectivity index (χ0n) is 20.0. The highest BCUT2D eigenvalue weighted by Gasteiger charge is 2.21. The Kier molecular flexibility index (Phi) is 6.24. The van der Waals surface area contributed by atoms with E-state index in [-0.39, 0.29) is 31.4 Å². The zero-order valence-corrected chi connectivity index (χ0v) is 20.8. The molecular weight excluding hydrogens is 480 g/mol. The smallest absolute Gasteiger partial charge is 0.341 e. The van der Waals surface area contributed by atoms with Gasteiger partial charge >= 0.3 is 5.97 Å².